The molecule has 1 aromatic rings. The minimum Gasteiger partial charge on any atom is -0.384 e. The summed E-state index contributed by atoms with van der Waals surface area (Å²) >= 11 is 1.51. The van der Waals surface area contributed by atoms with Crippen molar-refractivity contribution < 1.29 is 22.7 Å². The molecule has 0 aromatic heterocycles. The van der Waals surface area contributed by atoms with Crippen LogP contribution in [-0.4, -0.2) is 16.1 Å². The van der Waals surface area contributed by atoms with Crippen molar-refractivity contribution in [3.05, 3.63) is 35.1 Å². The van der Waals surface area contributed by atoms with Crippen molar-refractivity contribution >= 4 is 11.8 Å². The van der Waals surface area contributed by atoms with Crippen molar-refractivity contribution in [3.63, 3.8) is 0 Å². The number of hydrogen-bond donors (Lipinski definition) is 1. The molecular formula is C13H14F4OS. The molecule has 0 radical (unpaired) electrons. The van der Waals surface area contributed by atoms with Gasteiger partial charge in [-0.05, 0) is 36.3 Å². The molecule has 0 saturated carbocycles. The minimum atomic E-state index is -4.75. The average Bonchev–Trinajstić information content (AvgIpc) is 2.32. The van der Waals surface area contributed by atoms with Gasteiger partial charge in [-0.1, -0.05) is 13.0 Å². The Kier molecular flexibility index (Phi) is 3.84. The molecule has 1 fully saturated rings. The van der Waals surface area contributed by atoms with E-state index >= 15 is 0 Å². The molecule has 19 heavy (non-hydrogen) atoms. The Morgan fingerprint density at radius 1 is 1.37 bits per heavy atom. The quantitative estimate of drug-likeness (QED) is 0.791. The first-order valence-electron chi connectivity index (χ1n) is 5.96. The van der Waals surface area contributed by atoms with Crippen LogP contribution in [0.2, 0.25) is 0 Å². The Hall–Kier alpha value is -0.750. The van der Waals surface area contributed by atoms with Gasteiger partial charge in [-0.3, -0.25) is 0 Å². The standard InChI is InChI=1S/C13H14F4OS/c1-8-12(18,5-2-6-19-8)9-3-4-11(14)10(7-9)13(15,16)17/h3-4,7-8,18H,2,5-6H2,1H3. The maximum Gasteiger partial charge on any atom is 0.419 e. The summed E-state index contributed by atoms with van der Waals surface area (Å²) in [5.41, 5.74) is -2.50. The largest absolute Gasteiger partial charge is 0.419 e. The van der Waals surface area contributed by atoms with Crippen molar-refractivity contribution in [1.29, 1.82) is 0 Å². The Balaban J connectivity index is 2.46. The fraction of sp³-hybridized carbons (Fsp3) is 0.538. The van der Waals surface area contributed by atoms with E-state index in [-0.39, 0.29) is 10.8 Å². The first kappa shape index (κ1) is 14.7. The number of halogens is 4. The van der Waals surface area contributed by atoms with Crippen molar-refractivity contribution in [2.75, 3.05) is 5.75 Å². The summed E-state index contributed by atoms with van der Waals surface area (Å²) in [5.74, 6) is -0.437. The van der Waals surface area contributed by atoms with Gasteiger partial charge in [-0.25, -0.2) is 4.39 Å². The molecule has 1 aliphatic rings. The fourth-order valence-corrected chi connectivity index (χ4v) is 3.53. The van der Waals surface area contributed by atoms with E-state index < -0.39 is 23.2 Å². The molecule has 106 valence electrons. The van der Waals surface area contributed by atoms with E-state index in [0.717, 1.165) is 24.3 Å². The monoisotopic (exact) mass is 294 g/mol. The second-order valence-corrected chi connectivity index (χ2v) is 6.18. The van der Waals surface area contributed by atoms with Crippen LogP contribution < -0.4 is 0 Å². The second kappa shape index (κ2) is 4.98. The van der Waals surface area contributed by atoms with E-state index in [1.54, 1.807) is 6.92 Å². The number of hydrogen-bond acceptors (Lipinski definition) is 2. The molecule has 1 saturated heterocycles. The summed E-state index contributed by atoms with van der Waals surface area (Å²) in [7, 11) is 0. The molecule has 0 amide bonds. The van der Waals surface area contributed by atoms with Gasteiger partial charge in [-0.2, -0.15) is 24.9 Å². The molecule has 0 aliphatic carbocycles. The zero-order valence-electron chi connectivity index (χ0n) is 10.3. The van der Waals surface area contributed by atoms with Crippen LogP contribution in [0.15, 0.2) is 18.2 Å². The van der Waals surface area contributed by atoms with Crippen molar-refractivity contribution in [2.24, 2.45) is 0 Å². The zero-order valence-corrected chi connectivity index (χ0v) is 11.1. The highest BCUT2D eigenvalue weighted by atomic mass is 32.2. The van der Waals surface area contributed by atoms with E-state index in [1.165, 1.54) is 17.8 Å². The molecule has 1 heterocycles. The molecule has 6 heteroatoms. The molecule has 1 aliphatic heterocycles. The van der Waals surface area contributed by atoms with Crippen molar-refractivity contribution in [2.45, 2.75) is 36.8 Å². The second-order valence-electron chi connectivity index (χ2n) is 4.73. The Bertz CT molecular complexity index is 474. The van der Waals surface area contributed by atoms with Crippen molar-refractivity contribution in [3.8, 4) is 0 Å². The van der Waals surface area contributed by atoms with Crippen LogP contribution in [0.25, 0.3) is 0 Å². The van der Waals surface area contributed by atoms with Gasteiger partial charge in [0.25, 0.3) is 0 Å². The molecule has 1 nitrogen and oxygen atoms in total. The van der Waals surface area contributed by atoms with Crippen LogP contribution in [0.1, 0.15) is 30.9 Å². The lowest BCUT2D eigenvalue weighted by atomic mass is 9.85. The summed E-state index contributed by atoms with van der Waals surface area (Å²) in [5, 5.41) is 10.4. The average molecular weight is 294 g/mol. The number of alkyl halides is 3. The maximum absolute atomic E-state index is 13.2. The number of aliphatic hydroxyl groups is 1. The van der Waals surface area contributed by atoms with Gasteiger partial charge in [0.05, 0.1) is 5.56 Å². The van der Waals surface area contributed by atoms with E-state index in [0.29, 0.717) is 6.42 Å². The van der Waals surface area contributed by atoms with E-state index in [9.17, 15) is 22.7 Å². The molecule has 1 aromatic carbocycles. The third-order valence-corrected chi connectivity index (χ3v) is 4.93. The van der Waals surface area contributed by atoms with Crippen LogP contribution >= 0.6 is 11.8 Å². The molecule has 0 spiro atoms. The van der Waals surface area contributed by atoms with Gasteiger partial charge in [0, 0.05) is 5.25 Å². The van der Waals surface area contributed by atoms with Gasteiger partial charge >= 0.3 is 6.18 Å². The van der Waals surface area contributed by atoms with Gasteiger partial charge in [0.15, 0.2) is 0 Å². The van der Waals surface area contributed by atoms with Gasteiger partial charge in [0.2, 0.25) is 0 Å². The third kappa shape index (κ3) is 2.74. The van der Waals surface area contributed by atoms with Crippen LogP contribution in [0.4, 0.5) is 17.6 Å². The normalized spacial score (nSPS) is 28.4. The summed E-state index contributed by atoms with van der Waals surface area (Å²) in [6, 6.07) is 2.76. The molecular weight excluding hydrogens is 280 g/mol. The predicted molar refractivity (Wildman–Crippen MR) is 66.5 cm³/mol. The summed E-state index contributed by atoms with van der Waals surface area (Å²) < 4.78 is 51.3. The number of benzene rings is 1. The Morgan fingerprint density at radius 2 is 2.05 bits per heavy atom. The van der Waals surface area contributed by atoms with Gasteiger partial charge in [0.1, 0.15) is 11.4 Å². The van der Waals surface area contributed by atoms with E-state index in [4.69, 9.17) is 0 Å². The number of rotatable bonds is 1. The van der Waals surface area contributed by atoms with Crippen LogP contribution in [0.3, 0.4) is 0 Å². The zero-order chi connectivity index (χ0) is 14.3. The SMILES string of the molecule is CC1SCCCC1(O)c1ccc(F)c(C(F)(F)F)c1. The van der Waals surface area contributed by atoms with Crippen molar-refractivity contribution in [1.82, 2.24) is 0 Å². The van der Waals surface area contributed by atoms with E-state index in [2.05, 4.69) is 0 Å². The predicted octanol–water partition coefficient (Wildman–Crippen LogP) is 3.95. The Labute approximate surface area is 113 Å². The highest BCUT2D eigenvalue weighted by Gasteiger charge is 2.41. The number of thioether (sulfide) groups is 1. The lowest BCUT2D eigenvalue weighted by molar-refractivity contribution is -0.140. The summed E-state index contributed by atoms with van der Waals surface area (Å²) in [6.07, 6.45) is -3.63. The molecule has 2 atom stereocenters. The summed E-state index contributed by atoms with van der Waals surface area (Å²) in [4.78, 5) is 0. The van der Waals surface area contributed by atoms with Gasteiger partial charge in [-0.15, -0.1) is 0 Å². The molecule has 0 bridgehead atoms. The highest BCUT2D eigenvalue weighted by Crippen LogP contribution is 2.43. The van der Waals surface area contributed by atoms with Crippen LogP contribution in [-0.2, 0) is 11.8 Å². The third-order valence-electron chi connectivity index (χ3n) is 3.51. The first-order valence-corrected chi connectivity index (χ1v) is 7.01. The molecule has 2 rings (SSSR count). The maximum atomic E-state index is 13.2. The minimum absolute atomic E-state index is 0.140. The smallest absolute Gasteiger partial charge is 0.384 e. The van der Waals surface area contributed by atoms with Gasteiger partial charge < -0.3 is 5.11 Å². The topological polar surface area (TPSA) is 20.2 Å². The molecule has 1 N–H and O–H groups in total. The van der Waals surface area contributed by atoms with Crippen LogP contribution in [0, 0.1) is 5.82 Å². The van der Waals surface area contributed by atoms with Crippen LogP contribution in [0.5, 0.6) is 0 Å². The first-order chi connectivity index (χ1) is 8.75. The van der Waals surface area contributed by atoms with E-state index in [1.807, 2.05) is 0 Å². The summed E-state index contributed by atoms with van der Waals surface area (Å²) in [6.45, 7) is 1.78. The lowest BCUT2D eigenvalue weighted by Gasteiger charge is -2.38. The highest BCUT2D eigenvalue weighted by molar-refractivity contribution is 8.00. The molecule has 2 unspecified atom stereocenters. The lowest BCUT2D eigenvalue weighted by Crippen LogP contribution is -2.39. The Morgan fingerprint density at radius 3 is 2.63 bits per heavy atom. The fourth-order valence-electron chi connectivity index (χ4n) is 2.33.